The predicted octanol–water partition coefficient (Wildman–Crippen LogP) is 3.65. The van der Waals surface area contributed by atoms with Gasteiger partial charge in [-0.1, -0.05) is 23.8 Å². The van der Waals surface area contributed by atoms with Gasteiger partial charge >= 0.3 is 0 Å². The molecule has 1 N–H and O–H groups in total. The summed E-state index contributed by atoms with van der Waals surface area (Å²) in [5, 5.41) is 1.53. The molecule has 0 radical (unpaired) electrons. The fourth-order valence-electron chi connectivity index (χ4n) is 2.96. The van der Waals surface area contributed by atoms with Crippen molar-refractivity contribution in [3.8, 4) is 0 Å². The average molecular weight is 356 g/mol. The fraction of sp³-hybridized carbons (Fsp3) is 0.263. The van der Waals surface area contributed by atoms with Gasteiger partial charge in [-0.3, -0.25) is 4.79 Å². The first-order valence-electron chi connectivity index (χ1n) is 8.12. The standard InChI is InChI=1S/C19H18ClN3O2/c1-19(2)11-25-18(22-19)12-4-3-7-23(10-12)16-9-13-8-14(20)5-6-15(13)21-17(16)24/h3-6,8-10H,7,11H2,1-2H3,(H,21,24). The minimum atomic E-state index is -0.219. The van der Waals surface area contributed by atoms with Gasteiger partial charge in [0.05, 0.1) is 11.1 Å². The Kier molecular flexibility index (Phi) is 3.69. The van der Waals surface area contributed by atoms with Crippen LogP contribution < -0.4 is 10.5 Å². The third-order valence-corrected chi connectivity index (χ3v) is 4.44. The molecule has 6 heteroatoms. The molecule has 0 spiro atoms. The van der Waals surface area contributed by atoms with Crippen LogP contribution in [0.2, 0.25) is 5.02 Å². The Morgan fingerprint density at radius 3 is 2.92 bits per heavy atom. The van der Waals surface area contributed by atoms with Crippen LogP contribution in [-0.4, -0.2) is 29.6 Å². The number of anilines is 1. The summed E-state index contributed by atoms with van der Waals surface area (Å²) in [7, 11) is 0. The molecule has 2 aliphatic heterocycles. The van der Waals surface area contributed by atoms with Gasteiger partial charge in [-0.2, -0.15) is 0 Å². The number of H-pyrrole nitrogens is 1. The van der Waals surface area contributed by atoms with Crippen molar-refractivity contribution in [2.24, 2.45) is 4.99 Å². The lowest BCUT2D eigenvalue weighted by molar-refractivity contribution is 0.279. The highest BCUT2D eigenvalue weighted by atomic mass is 35.5. The second-order valence-electron chi connectivity index (χ2n) is 6.87. The molecule has 0 fully saturated rings. The number of halogens is 1. The molecular weight excluding hydrogens is 338 g/mol. The zero-order valence-corrected chi connectivity index (χ0v) is 14.8. The minimum Gasteiger partial charge on any atom is -0.475 e. The van der Waals surface area contributed by atoms with E-state index in [4.69, 9.17) is 16.3 Å². The van der Waals surface area contributed by atoms with Crippen molar-refractivity contribution in [3.63, 3.8) is 0 Å². The van der Waals surface area contributed by atoms with Crippen LogP contribution in [0.25, 0.3) is 10.9 Å². The van der Waals surface area contributed by atoms with Gasteiger partial charge in [0.2, 0.25) is 5.90 Å². The van der Waals surface area contributed by atoms with Gasteiger partial charge in [-0.15, -0.1) is 0 Å². The molecule has 0 aliphatic carbocycles. The molecule has 3 heterocycles. The van der Waals surface area contributed by atoms with E-state index in [1.54, 1.807) is 6.07 Å². The molecule has 2 aliphatic rings. The van der Waals surface area contributed by atoms with E-state index >= 15 is 0 Å². The van der Waals surface area contributed by atoms with Gasteiger partial charge < -0.3 is 14.6 Å². The third-order valence-electron chi connectivity index (χ3n) is 4.20. The maximum absolute atomic E-state index is 12.5. The zero-order valence-electron chi connectivity index (χ0n) is 14.0. The van der Waals surface area contributed by atoms with E-state index in [1.165, 1.54) is 0 Å². The normalized spacial score (nSPS) is 18.9. The largest absolute Gasteiger partial charge is 0.475 e. The molecule has 0 bridgehead atoms. The SMILES string of the molecule is CC1(C)COC(C2=CN(c3cc4cc(Cl)ccc4[nH]c3=O)CC=C2)=N1. The summed E-state index contributed by atoms with van der Waals surface area (Å²) in [4.78, 5) is 21.9. The number of hydrogen-bond donors (Lipinski definition) is 1. The van der Waals surface area contributed by atoms with Gasteiger partial charge in [-0.25, -0.2) is 4.99 Å². The van der Waals surface area contributed by atoms with E-state index in [0.717, 1.165) is 16.5 Å². The van der Waals surface area contributed by atoms with Crippen LogP contribution in [0.1, 0.15) is 13.8 Å². The van der Waals surface area contributed by atoms with E-state index in [-0.39, 0.29) is 11.1 Å². The molecule has 0 amide bonds. The van der Waals surface area contributed by atoms with E-state index in [2.05, 4.69) is 9.98 Å². The topological polar surface area (TPSA) is 57.7 Å². The Balaban J connectivity index is 1.75. The van der Waals surface area contributed by atoms with Crippen LogP contribution in [-0.2, 0) is 4.74 Å². The monoisotopic (exact) mass is 355 g/mol. The minimum absolute atomic E-state index is 0.143. The van der Waals surface area contributed by atoms with Gasteiger partial charge in [0, 0.05) is 28.7 Å². The van der Waals surface area contributed by atoms with Gasteiger partial charge in [-0.05, 0) is 38.1 Å². The Labute approximate surface area is 150 Å². The molecule has 5 nitrogen and oxygen atoms in total. The lowest BCUT2D eigenvalue weighted by Gasteiger charge is -2.22. The smallest absolute Gasteiger partial charge is 0.272 e. The van der Waals surface area contributed by atoms with Crippen molar-refractivity contribution in [1.29, 1.82) is 0 Å². The Morgan fingerprint density at radius 1 is 1.32 bits per heavy atom. The first kappa shape index (κ1) is 16.0. The highest BCUT2D eigenvalue weighted by Crippen LogP contribution is 2.25. The summed E-state index contributed by atoms with van der Waals surface area (Å²) in [6.07, 6.45) is 5.87. The van der Waals surface area contributed by atoms with Gasteiger partial charge in [0.15, 0.2) is 0 Å². The summed E-state index contributed by atoms with van der Waals surface area (Å²) >= 11 is 6.07. The second kappa shape index (κ2) is 5.77. The van der Waals surface area contributed by atoms with Crippen molar-refractivity contribution < 1.29 is 4.74 Å². The molecule has 0 atom stereocenters. The number of ether oxygens (including phenoxy) is 1. The maximum Gasteiger partial charge on any atom is 0.272 e. The van der Waals surface area contributed by atoms with Crippen LogP contribution in [0.4, 0.5) is 5.69 Å². The van der Waals surface area contributed by atoms with Crippen LogP contribution in [0.3, 0.4) is 0 Å². The number of aromatic nitrogens is 1. The first-order valence-corrected chi connectivity index (χ1v) is 8.50. The first-order chi connectivity index (χ1) is 11.9. The number of pyridine rings is 1. The van der Waals surface area contributed by atoms with Gasteiger partial charge in [0.1, 0.15) is 12.3 Å². The maximum atomic E-state index is 12.5. The van der Waals surface area contributed by atoms with Crippen molar-refractivity contribution in [3.05, 3.63) is 63.6 Å². The predicted molar refractivity (Wildman–Crippen MR) is 102 cm³/mol. The Hall–Kier alpha value is -2.53. The van der Waals surface area contributed by atoms with Crippen LogP contribution in [0, 0.1) is 0 Å². The number of aromatic amines is 1. The molecule has 25 heavy (non-hydrogen) atoms. The highest BCUT2D eigenvalue weighted by molar-refractivity contribution is 6.31. The molecule has 0 unspecified atom stereocenters. The van der Waals surface area contributed by atoms with Gasteiger partial charge in [0.25, 0.3) is 5.56 Å². The lowest BCUT2D eigenvalue weighted by Crippen LogP contribution is -2.27. The van der Waals surface area contributed by atoms with Crippen molar-refractivity contribution in [1.82, 2.24) is 4.98 Å². The van der Waals surface area contributed by atoms with Crippen LogP contribution >= 0.6 is 11.6 Å². The van der Waals surface area contributed by atoms with Crippen molar-refractivity contribution >= 4 is 34.1 Å². The number of benzene rings is 1. The molecule has 0 saturated heterocycles. The number of hydrogen-bond acceptors (Lipinski definition) is 4. The molecule has 4 rings (SSSR count). The quantitative estimate of drug-likeness (QED) is 0.894. The molecular formula is C19H18ClN3O2. The summed E-state index contributed by atoms with van der Waals surface area (Å²) in [6.45, 7) is 5.23. The summed E-state index contributed by atoms with van der Waals surface area (Å²) in [6, 6.07) is 7.27. The number of nitrogens with zero attached hydrogens (tertiary/aromatic N) is 2. The number of rotatable bonds is 2. The molecule has 1 aromatic carbocycles. The van der Waals surface area contributed by atoms with Crippen molar-refractivity contribution in [2.45, 2.75) is 19.4 Å². The molecule has 1 aromatic heterocycles. The number of nitrogens with one attached hydrogen (secondary N) is 1. The average Bonchev–Trinajstić information content (AvgIpc) is 2.95. The number of fused-ring (bicyclic) bond motifs is 1. The Morgan fingerprint density at radius 2 is 2.16 bits per heavy atom. The van der Waals surface area contributed by atoms with E-state index < -0.39 is 0 Å². The Bertz CT molecular complexity index is 1000. The lowest BCUT2D eigenvalue weighted by atomic mass is 10.1. The van der Waals surface area contributed by atoms with E-state index in [9.17, 15) is 4.79 Å². The summed E-state index contributed by atoms with van der Waals surface area (Å²) in [5.41, 5.74) is 1.83. The molecule has 2 aromatic rings. The second-order valence-corrected chi connectivity index (χ2v) is 7.31. The third kappa shape index (κ3) is 3.07. The number of aliphatic imine (C=N–C) groups is 1. The fourth-order valence-corrected chi connectivity index (χ4v) is 3.14. The zero-order chi connectivity index (χ0) is 17.6. The van der Waals surface area contributed by atoms with Crippen LogP contribution in [0.5, 0.6) is 0 Å². The molecule has 0 saturated carbocycles. The summed E-state index contributed by atoms with van der Waals surface area (Å²) in [5.74, 6) is 0.617. The van der Waals surface area contributed by atoms with E-state index in [0.29, 0.717) is 29.8 Å². The van der Waals surface area contributed by atoms with E-state index in [1.807, 2.05) is 55.3 Å². The van der Waals surface area contributed by atoms with Crippen LogP contribution in [0.15, 0.2) is 58.0 Å². The highest BCUT2D eigenvalue weighted by Gasteiger charge is 2.28. The van der Waals surface area contributed by atoms with Crippen molar-refractivity contribution in [2.75, 3.05) is 18.1 Å². The summed E-state index contributed by atoms with van der Waals surface area (Å²) < 4.78 is 5.71. The molecule has 128 valence electrons.